The third-order valence-corrected chi connectivity index (χ3v) is 3.73. The van der Waals surface area contributed by atoms with Gasteiger partial charge >= 0.3 is 5.97 Å². The number of ether oxygens (including phenoxy) is 2. The molecule has 5 heteroatoms. The molecule has 0 spiro atoms. The molecule has 21 heavy (non-hydrogen) atoms. The van der Waals surface area contributed by atoms with E-state index in [9.17, 15) is 10.1 Å². The average molecular weight is 288 g/mol. The largest absolute Gasteiger partial charge is 0.466 e. The lowest BCUT2D eigenvalue weighted by Crippen LogP contribution is -2.18. The molecule has 0 saturated heterocycles. The van der Waals surface area contributed by atoms with Crippen LogP contribution < -0.4 is 4.74 Å². The standard InChI is InChI=1S/C16H20N2O3/c1-10(2)15-12-7-5-4-6-11(12)13(8-17)16(18-15)21-9-14(19)20-3/h10H,4-7,9H2,1-3H3. The molecule has 0 N–H and O–H groups in total. The van der Waals surface area contributed by atoms with Gasteiger partial charge in [0.25, 0.3) is 0 Å². The van der Waals surface area contributed by atoms with Gasteiger partial charge in [-0.05, 0) is 42.7 Å². The molecule has 112 valence electrons. The van der Waals surface area contributed by atoms with Crippen LogP contribution >= 0.6 is 0 Å². The van der Waals surface area contributed by atoms with Crippen molar-refractivity contribution in [3.8, 4) is 11.9 Å². The lowest BCUT2D eigenvalue weighted by Gasteiger charge is -2.23. The summed E-state index contributed by atoms with van der Waals surface area (Å²) in [6.45, 7) is 3.93. The SMILES string of the molecule is COC(=O)COc1nc(C(C)C)c2c(c1C#N)CCCC2. The third-order valence-electron chi connectivity index (χ3n) is 3.73. The fraction of sp³-hybridized carbons (Fsp3) is 0.562. The number of hydrogen-bond acceptors (Lipinski definition) is 5. The van der Waals surface area contributed by atoms with Gasteiger partial charge in [-0.3, -0.25) is 0 Å². The second-order valence-corrected chi connectivity index (χ2v) is 5.47. The number of esters is 1. The Kier molecular flexibility index (Phi) is 4.79. The first-order valence-electron chi connectivity index (χ1n) is 7.23. The van der Waals surface area contributed by atoms with Crippen LogP contribution in [0, 0.1) is 11.3 Å². The number of methoxy groups -OCH3 is 1. The molecule has 1 aliphatic rings. The quantitative estimate of drug-likeness (QED) is 0.796. The Morgan fingerprint density at radius 3 is 2.57 bits per heavy atom. The molecule has 0 aromatic carbocycles. The van der Waals surface area contributed by atoms with Crippen molar-refractivity contribution in [1.29, 1.82) is 5.26 Å². The van der Waals surface area contributed by atoms with Crippen LogP contribution in [0.2, 0.25) is 0 Å². The van der Waals surface area contributed by atoms with Gasteiger partial charge in [0.1, 0.15) is 11.6 Å². The highest BCUT2D eigenvalue weighted by Gasteiger charge is 2.24. The molecule has 1 aliphatic carbocycles. The molecule has 0 amide bonds. The van der Waals surface area contributed by atoms with E-state index in [1.165, 1.54) is 12.7 Å². The van der Waals surface area contributed by atoms with Crippen molar-refractivity contribution in [2.45, 2.75) is 45.4 Å². The van der Waals surface area contributed by atoms with Crippen LogP contribution in [0.3, 0.4) is 0 Å². The van der Waals surface area contributed by atoms with Gasteiger partial charge in [-0.1, -0.05) is 13.8 Å². The third kappa shape index (κ3) is 3.15. The maximum Gasteiger partial charge on any atom is 0.343 e. The molecule has 1 heterocycles. The zero-order valence-corrected chi connectivity index (χ0v) is 12.7. The highest BCUT2D eigenvalue weighted by atomic mass is 16.6. The van der Waals surface area contributed by atoms with Gasteiger partial charge in [0.2, 0.25) is 5.88 Å². The molecule has 1 aromatic rings. The van der Waals surface area contributed by atoms with Crippen molar-refractivity contribution in [3.63, 3.8) is 0 Å². The monoisotopic (exact) mass is 288 g/mol. The fourth-order valence-corrected chi connectivity index (χ4v) is 2.71. The topological polar surface area (TPSA) is 72.2 Å². The summed E-state index contributed by atoms with van der Waals surface area (Å²) in [6.07, 6.45) is 4.03. The Hall–Kier alpha value is -2.09. The summed E-state index contributed by atoms with van der Waals surface area (Å²) in [5.74, 6) is 0.0295. The first kappa shape index (κ1) is 15.3. The minimum Gasteiger partial charge on any atom is -0.466 e. The molecule has 0 unspecified atom stereocenters. The van der Waals surface area contributed by atoms with Gasteiger partial charge in [0, 0.05) is 0 Å². The number of aromatic nitrogens is 1. The first-order valence-corrected chi connectivity index (χ1v) is 7.23. The minimum absolute atomic E-state index is 0.228. The van der Waals surface area contributed by atoms with Crippen LogP contribution in [-0.4, -0.2) is 24.7 Å². The molecule has 0 aliphatic heterocycles. The van der Waals surface area contributed by atoms with E-state index in [-0.39, 0.29) is 18.4 Å². The van der Waals surface area contributed by atoms with E-state index in [2.05, 4.69) is 29.6 Å². The van der Waals surface area contributed by atoms with Crippen molar-refractivity contribution < 1.29 is 14.3 Å². The number of pyridine rings is 1. The van der Waals surface area contributed by atoms with E-state index >= 15 is 0 Å². The summed E-state index contributed by atoms with van der Waals surface area (Å²) < 4.78 is 9.99. The number of fused-ring (bicyclic) bond motifs is 1. The number of carbonyl (C=O) groups is 1. The summed E-state index contributed by atoms with van der Waals surface area (Å²) in [5, 5.41) is 9.44. The fourth-order valence-electron chi connectivity index (χ4n) is 2.71. The predicted octanol–water partition coefficient (Wildman–Crippen LogP) is 2.51. The molecule has 0 fully saturated rings. The molecule has 0 saturated carbocycles. The maximum absolute atomic E-state index is 11.2. The van der Waals surface area contributed by atoms with Crippen LogP contribution in [-0.2, 0) is 22.4 Å². The smallest absolute Gasteiger partial charge is 0.343 e. The van der Waals surface area contributed by atoms with E-state index in [0.29, 0.717) is 5.56 Å². The predicted molar refractivity (Wildman–Crippen MR) is 77.2 cm³/mol. The van der Waals surface area contributed by atoms with Gasteiger partial charge in [0.05, 0.1) is 12.8 Å². The zero-order chi connectivity index (χ0) is 15.4. The number of nitriles is 1. The second kappa shape index (κ2) is 6.57. The van der Waals surface area contributed by atoms with Crippen LogP contribution in [0.1, 0.15) is 55.0 Å². The molecule has 0 atom stereocenters. The maximum atomic E-state index is 11.2. The van der Waals surface area contributed by atoms with E-state index in [1.807, 2.05) is 0 Å². The molecule has 2 rings (SSSR count). The Balaban J connectivity index is 2.46. The van der Waals surface area contributed by atoms with Gasteiger partial charge in [-0.25, -0.2) is 9.78 Å². The summed E-state index contributed by atoms with van der Waals surface area (Å²) in [7, 11) is 1.30. The Morgan fingerprint density at radius 1 is 1.33 bits per heavy atom. The summed E-state index contributed by atoms with van der Waals surface area (Å²) in [4.78, 5) is 15.7. The number of rotatable bonds is 4. The van der Waals surface area contributed by atoms with Crippen LogP contribution in [0.4, 0.5) is 0 Å². The Morgan fingerprint density at radius 2 is 2.00 bits per heavy atom. The first-order chi connectivity index (χ1) is 10.1. The van der Waals surface area contributed by atoms with E-state index < -0.39 is 5.97 Å². The molecule has 0 radical (unpaired) electrons. The van der Waals surface area contributed by atoms with E-state index in [1.54, 1.807) is 0 Å². The van der Waals surface area contributed by atoms with Crippen LogP contribution in [0.15, 0.2) is 0 Å². The van der Waals surface area contributed by atoms with Crippen molar-refractivity contribution in [2.24, 2.45) is 0 Å². The van der Waals surface area contributed by atoms with E-state index in [4.69, 9.17) is 4.74 Å². The lowest BCUT2D eigenvalue weighted by molar-refractivity contribution is -0.143. The lowest BCUT2D eigenvalue weighted by atomic mass is 9.85. The van der Waals surface area contributed by atoms with Gasteiger partial charge < -0.3 is 9.47 Å². The Labute approximate surface area is 124 Å². The number of carbonyl (C=O) groups excluding carboxylic acids is 1. The van der Waals surface area contributed by atoms with Crippen molar-refractivity contribution in [2.75, 3.05) is 13.7 Å². The van der Waals surface area contributed by atoms with Crippen molar-refractivity contribution in [3.05, 3.63) is 22.4 Å². The van der Waals surface area contributed by atoms with Gasteiger partial charge in [-0.15, -0.1) is 0 Å². The number of hydrogen-bond donors (Lipinski definition) is 0. The van der Waals surface area contributed by atoms with Gasteiger partial charge in [-0.2, -0.15) is 5.26 Å². The highest BCUT2D eigenvalue weighted by Crippen LogP contribution is 2.34. The van der Waals surface area contributed by atoms with E-state index in [0.717, 1.165) is 36.9 Å². The minimum atomic E-state index is -0.482. The zero-order valence-electron chi connectivity index (χ0n) is 12.7. The van der Waals surface area contributed by atoms with Crippen molar-refractivity contribution in [1.82, 2.24) is 4.98 Å². The molecule has 1 aromatic heterocycles. The molecule has 5 nitrogen and oxygen atoms in total. The summed E-state index contributed by atoms with van der Waals surface area (Å²) in [5.41, 5.74) is 3.68. The molecule has 0 bridgehead atoms. The summed E-state index contributed by atoms with van der Waals surface area (Å²) in [6, 6.07) is 2.19. The molecular weight excluding hydrogens is 268 g/mol. The Bertz CT molecular complexity index is 588. The van der Waals surface area contributed by atoms with Gasteiger partial charge in [0.15, 0.2) is 6.61 Å². The molecular formula is C16H20N2O3. The average Bonchev–Trinajstić information content (AvgIpc) is 2.50. The normalized spacial score (nSPS) is 13.5. The second-order valence-electron chi connectivity index (χ2n) is 5.47. The highest BCUT2D eigenvalue weighted by molar-refractivity contribution is 5.71. The van der Waals surface area contributed by atoms with Crippen LogP contribution in [0.25, 0.3) is 0 Å². The van der Waals surface area contributed by atoms with Crippen LogP contribution in [0.5, 0.6) is 5.88 Å². The van der Waals surface area contributed by atoms with Crippen molar-refractivity contribution >= 4 is 5.97 Å². The number of nitrogens with zero attached hydrogens (tertiary/aromatic N) is 2. The summed E-state index contributed by atoms with van der Waals surface area (Å²) >= 11 is 0.